The first-order valence-corrected chi connectivity index (χ1v) is 11.1. The van der Waals surface area contributed by atoms with E-state index < -0.39 is 0 Å². The Labute approximate surface area is 176 Å². The van der Waals surface area contributed by atoms with Gasteiger partial charge in [-0.05, 0) is 41.6 Å². The first-order valence-electron chi connectivity index (χ1n) is 10.1. The van der Waals surface area contributed by atoms with E-state index in [9.17, 15) is 4.79 Å². The number of piperazine rings is 1. The summed E-state index contributed by atoms with van der Waals surface area (Å²) < 4.78 is 0. The summed E-state index contributed by atoms with van der Waals surface area (Å²) in [6, 6.07) is 23.0. The maximum atomic E-state index is 12.4. The molecule has 1 aliphatic heterocycles. The van der Waals surface area contributed by atoms with Crippen LogP contribution >= 0.6 is 11.8 Å². The molecular formula is C24H27N3OS. The van der Waals surface area contributed by atoms with Crippen LogP contribution in [0.5, 0.6) is 0 Å². The highest BCUT2D eigenvalue weighted by Gasteiger charge is 2.17. The first kappa shape index (κ1) is 19.8. The van der Waals surface area contributed by atoms with E-state index in [-0.39, 0.29) is 5.91 Å². The van der Waals surface area contributed by atoms with Gasteiger partial charge in [-0.1, -0.05) is 48.5 Å². The zero-order valence-corrected chi connectivity index (χ0v) is 17.6. The summed E-state index contributed by atoms with van der Waals surface area (Å²) >= 11 is 1.58. The Morgan fingerprint density at radius 1 is 0.931 bits per heavy atom. The van der Waals surface area contributed by atoms with Crippen molar-refractivity contribution in [1.29, 1.82) is 0 Å². The summed E-state index contributed by atoms with van der Waals surface area (Å²) in [5, 5.41) is 5.53. The van der Waals surface area contributed by atoms with Gasteiger partial charge in [-0.25, -0.2) is 0 Å². The fourth-order valence-electron chi connectivity index (χ4n) is 3.67. The monoisotopic (exact) mass is 405 g/mol. The summed E-state index contributed by atoms with van der Waals surface area (Å²) in [5.74, 6) is 0.492. The van der Waals surface area contributed by atoms with Crippen LogP contribution in [-0.2, 0) is 11.3 Å². The molecule has 0 aliphatic carbocycles. The summed E-state index contributed by atoms with van der Waals surface area (Å²) in [4.78, 5) is 18.3. The van der Waals surface area contributed by atoms with Gasteiger partial charge in [0.05, 0.1) is 5.75 Å². The largest absolute Gasteiger partial charge is 0.369 e. The fourth-order valence-corrected chi connectivity index (χ4v) is 4.44. The maximum Gasteiger partial charge on any atom is 0.230 e. The molecule has 1 heterocycles. The van der Waals surface area contributed by atoms with Gasteiger partial charge in [0.1, 0.15) is 0 Å². The van der Waals surface area contributed by atoms with E-state index in [1.807, 2.05) is 18.2 Å². The molecular weight excluding hydrogens is 378 g/mol. The highest BCUT2D eigenvalue weighted by molar-refractivity contribution is 8.00. The second-order valence-corrected chi connectivity index (χ2v) is 8.54. The van der Waals surface area contributed by atoms with Gasteiger partial charge in [0.15, 0.2) is 0 Å². The number of hydrogen-bond acceptors (Lipinski definition) is 4. The summed E-state index contributed by atoms with van der Waals surface area (Å²) in [6.07, 6.45) is 0. The highest BCUT2D eigenvalue weighted by atomic mass is 32.2. The number of nitrogens with one attached hydrogen (secondary N) is 1. The van der Waals surface area contributed by atoms with Crippen molar-refractivity contribution in [2.24, 2.45) is 0 Å². The van der Waals surface area contributed by atoms with Gasteiger partial charge in [-0.2, -0.15) is 0 Å². The van der Waals surface area contributed by atoms with Gasteiger partial charge < -0.3 is 15.1 Å². The standard InChI is InChI=1S/C24H27N3OS/c1-26-12-14-27(15-13-26)23-9-5-4-8-21(23)17-25-24(28)18-29-22-11-10-19-6-2-3-7-20(19)16-22/h2-11,16H,12-15,17-18H2,1H3,(H,25,28). The van der Waals surface area contributed by atoms with Crippen LogP contribution in [0.1, 0.15) is 5.56 Å². The molecule has 4 rings (SSSR count). The van der Waals surface area contributed by atoms with Crippen molar-refractivity contribution >= 4 is 34.1 Å². The van der Waals surface area contributed by atoms with Crippen LogP contribution in [0.4, 0.5) is 5.69 Å². The number of para-hydroxylation sites is 1. The van der Waals surface area contributed by atoms with E-state index in [1.54, 1.807) is 11.8 Å². The highest BCUT2D eigenvalue weighted by Crippen LogP contribution is 2.24. The minimum atomic E-state index is 0.0661. The number of thioether (sulfide) groups is 1. The molecule has 0 radical (unpaired) electrons. The molecule has 0 unspecified atom stereocenters. The van der Waals surface area contributed by atoms with Crippen molar-refractivity contribution in [1.82, 2.24) is 10.2 Å². The number of amides is 1. The van der Waals surface area contributed by atoms with Crippen LogP contribution in [0.2, 0.25) is 0 Å². The van der Waals surface area contributed by atoms with E-state index in [1.165, 1.54) is 22.0 Å². The van der Waals surface area contributed by atoms with Gasteiger partial charge in [-0.15, -0.1) is 11.8 Å². The van der Waals surface area contributed by atoms with Crippen LogP contribution in [0.15, 0.2) is 71.6 Å². The number of hydrogen-bond donors (Lipinski definition) is 1. The Morgan fingerprint density at radius 3 is 2.48 bits per heavy atom. The normalized spacial score (nSPS) is 14.9. The van der Waals surface area contributed by atoms with Gasteiger partial charge in [0.2, 0.25) is 5.91 Å². The lowest BCUT2D eigenvalue weighted by atomic mass is 10.1. The average Bonchev–Trinajstić information content (AvgIpc) is 2.77. The number of carbonyl (C=O) groups excluding carboxylic acids is 1. The van der Waals surface area contributed by atoms with Crippen molar-refractivity contribution in [2.45, 2.75) is 11.4 Å². The molecule has 0 saturated carbocycles. The molecule has 0 aromatic heterocycles. The Bertz CT molecular complexity index is 983. The number of carbonyl (C=O) groups is 1. The van der Waals surface area contributed by atoms with Gasteiger partial charge >= 0.3 is 0 Å². The van der Waals surface area contributed by atoms with E-state index in [4.69, 9.17) is 0 Å². The predicted octanol–water partition coefficient (Wildman–Crippen LogP) is 4.00. The van der Waals surface area contributed by atoms with E-state index in [2.05, 4.69) is 70.7 Å². The molecule has 150 valence electrons. The topological polar surface area (TPSA) is 35.6 Å². The SMILES string of the molecule is CN1CCN(c2ccccc2CNC(=O)CSc2ccc3ccccc3c2)CC1. The molecule has 1 fully saturated rings. The third-order valence-electron chi connectivity index (χ3n) is 5.40. The molecule has 1 aliphatic rings. The Balaban J connectivity index is 1.32. The summed E-state index contributed by atoms with van der Waals surface area (Å²) in [7, 11) is 2.16. The lowest BCUT2D eigenvalue weighted by Crippen LogP contribution is -2.45. The van der Waals surface area contributed by atoms with Gasteiger partial charge in [-0.3, -0.25) is 4.79 Å². The van der Waals surface area contributed by atoms with Crippen LogP contribution in [-0.4, -0.2) is 49.8 Å². The molecule has 29 heavy (non-hydrogen) atoms. The van der Waals surface area contributed by atoms with Crippen LogP contribution in [0, 0.1) is 0 Å². The Morgan fingerprint density at radius 2 is 1.66 bits per heavy atom. The molecule has 1 N–H and O–H groups in total. The number of nitrogens with zero attached hydrogens (tertiary/aromatic N) is 2. The van der Waals surface area contributed by atoms with Crippen molar-refractivity contribution in [3.63, 3.8) is 0 Å². The molecule has 3 aromatic rings. The zero-order valence-electron chi connectivity index (χ0n) is 16.8. The lowest BCUT2D eigenvalue weighted by molar-refractivity contribution is -0.118. The minimum absolute atomic E-state index is 0.0661. The van der Waals surface area contributed by atoms with Crippen LogP contribution in [0.25, 0.3) is 10.8 Å². The molecule has 0 spiro atoms. The van der Waals surface area contributed by atoms with Crippen molar-refractivity contribution < 1.29 is 4.79 Å². The second-order valence-electron chi connectivity index (χ2n) is 7.49. The van der Waals surface area contributed by atoms with Gasteiger partial charge in [0.25, 0.3) is 0 Å². The molecule has 1 saturated heterocycles. The summed E-state index contributed by atoms with van der Waals surface area (Å²) in [5.41, 5.74) is 2.42. The number of benzene rings is 3. The van der Waals surface area contributed by atoms with E-state index in [0.29, 0.717) is 12.3 Å². The number of likely N-dealkylation sites (N-methyl/N-ethyl adjacent to an activating group) is 1. The maximum absolute atomic E-state index is 12.4. The fraction of sp³-hybridized carbons (Fsp3) is 0.292. The van der Waals surface area contributed by atoms with E-state index in [0.717, 1.165) is 31.1 Å². The van der Waals surface area contributed by atoms with Crippen molar-refractivity contribution in [3.8, 4) is 0 Å². The molecule has 1 amide bonds. The van der Waals surface area contributed by atoms with Crippen LogP contribution in [0.3, 0.4) is 0 Å². The summed E-state index contributed by atoms with van der Waals surface area (Å²) in [6.45, 7) is 4.77. The zero-order chi connectivity index (χ0) is 20.1. The lowest BCUT2D eigenvalue weighted by Gasteiger charge is -2.35. The third kappa shape index (κ3) is 5.11. The number of anilines is 1. The Hall–Kier alpha value is -2.50. The minimum Gasteiger partial charge on any atom is -0.369 e. The molecule has 0 atom stereocenters. The van der Waals surface area contributed by atoms with Crippen molar-refractivity contribution in [2.75, 3.05) is 43.9 Å². The van der Waals surface area contributed by atoms with E-state index >= 15 is 0 Å². The third-order valence-corrected chi connectivity index (χ3v) is 6.40. The second kappa shape index (κ2) is 9.33. The van der Waals surface area contributed by atoms with Crippen LogP contribution < -0.4 is 10.2 Å². The molecule has 4 nitrogen and oxygen atoms in total. The number of fused-ring (bicyclic) bond motifs is 1. The van der Waals surface area contributed by atoms with Gasteiger partial charge in [0, 0.05) is 43.3 Å². The Kier molecular flexibility index (Phi) is 6.37. The van der Waals surface area contributed by atoms with Crippen molar-refractivity contribution in [3.05, 3.63) is 72.3 Å². The molecule has 3 aromatic carbocycles. The molecule has 5 heteroatoms. The molecule has 0 bridgehead atoms. The smallest absolute Gasteiger partial charge is 0.230 e. The predicted molar refractivity (Wildman–Crippen MR) is 123 cm³/mol. The first-order chi connectivity index (χ1) is 14.2. The average molecular weight is 406 g/mol. The number of rotatable bonds is 6. The quantitative estimate of drug-likeness (QED) is 0.629.